The molecule has 2 aromatic rings. The van der Waals surface area contributed by atoms with Crippen LogP contribution in [0.15, 0.2) is 46.0 Å². The minimum Gasteiger partial charge on any atom is -0.463 e. The quantitative estimate of drug-likeness (QED) is 0.738. The summed E-state index contributed by atoms with van der Waals surface area (Å²) in [6.07, 6.45) is 0. The van der Waals surface area contributed by atoms with Crippen molar-refractivity contribution in [3.05, 3.63) is 57.4 Å². The Morgan fingerprint density at radius 2 is 2.04 bits per heavy atom. The Hall–Kier alpha value is -2.44. The van der Waals surface area contributed by atoms with E-state index in [1.54, 1.807) is 51.2 Å². The number of furan rings is 1. The van der Waals surface area contributed by atoms with Crippen molar-refractivity contribution in [3.63, 3.8) is 0 Å². The van der Waals surface area contributed by atoms with Gasteiger partial charge in [0.1, 0.15) is 17.6 Å². The summed E-state index contributed by atoms with van der Waals surface area (Å²) in [5.74, 6) is 0.363. The van der Waals surface area contributed by atoms with Crippen LogP contribution in [0.25, 0.3) is 11.3 Å². The van der Waals surface area contributed by atoms with Crippen molar-refractivity contribution in [3.8, 4) is 11.3 Å². The number of carbonyl (C=O) groups is 2. The Morgan fingerprint density at radius 3 is 2.74 bits per heavy atom. The maximum Gasteiger partial charge on any atom is 0.338 e. The molecular weight excluding hydrogens is 391 g/mol. The molecule has 1 N–H and O–H groups in total. The van der Waals surface area contributed by atoms with Gasteiger partial charge in [-0.25, -0.2) is 9.59 Å². The minimum atomic E-state index is -0.764. The molecule has 0 radical (unpaired) electrons. The maximum absolute atomic E-state index is 12.5. The number of ether oxygens (including phenoxy) is 1. The van der Waals surface area contributed by atoms with E-state index < -0.39 is 12.0 Å². The van der Waals surface area contributed by atoms with Crippen LogP contribution in [-0.4, -0.2) is 30.6 Å². The van der Waals surface area contributed by atoms with E-state index in [0.717, 1.165) is 0 Å². The van der Waals surface area contributed by atoms with E-state index in [1.165, 1.54) is 4.90 Å². The average Bonchev–Trinajstić information content (AvgIpc) is 3.11. The summed E-state index contributed by atoms with van der Waals surface area (Å²) in [5.41, 5.74) is 1.44. The highest BCUT2D eigenvalue weighted by molar-refractivity contribution is 6.35. The number of nitrogens with one attached hydrogen (secondary N) is 1. The highest BCUT2D eigenvalue weighted by Gasteiger charge is 2.36. The van der Waals surface area contributed by atoms with Gasteiger partial charge in [0.25, 0.3) is 0 Å². The topological polar surface area (TPSA) is 71.8 Å². The summed E-state index contributed by atoms with van der Waals surface area (Å²) < 4.78 is 11.1. The fraction of sp³-hybridized carbons (Fsp3) is 0.263. The molecule has 1 atom stereocenters. The van der Waals surface area contributed by atoms with Crippen LogP contribution in [0.3, 0.4) is 0 Å². The Bertz CT molecular complexity index is 936. The third kappa shape index (κ3) is 3.68. The Labute approximate surface area is 166 Å². The highest BCUT2D eigenvalue weighted by Crippen LogP contribution is 2.36. The van der Waals surface area contributed by atoms with Crippen molar-refractivity contribution in [1.29, 1.82) is 0 Å². The van der Waals surface area contributed by atoms with Crippen LogP contribution in [0, 0.1) is 0 Å². The molecule has 0 saturated heterocycles. The first kappa shape index (κ1) is 19.3. The molecule has 0 spiro atoms. The number of hydrogen-bond donors (Lipinski definition) is 1. The van der Waals surface area contributed by atoms with Crippen molar-refractivity contribution in [1.82, 2.24) is 10.2 Å². The van der Waals surface area contributed by atoms with Crippen molar-refractivity contribution in [2.24, 2.45) is 0 Å². The lowest BCUT2D eigenvalue weighted by molar-refractivity contribution is -0.139. The van der Waals surface area contributed by atoms with Crippen molar-refractivity contribution in [2.45, 2.75) is 19.9 Å². The molecule has 1 aromatic carbocycles. The summed E-state index contributed by atoms with van der Waals surface area (Å²) in [5, 5.41) is 3.76. The standard InChI is InChI=1S/C19H18Cl2N2O4/c1-4-26-18(24)16-10(2)23(3)19(25)22-17(16)15-8-7-14(27-15)12-9-11(20)5-6-13(12)21/h5-9,17H,4H2,1-3H3,(H,22,25). The van der Waals surface area contributed by atoms with E-state index in [2.05, 4.69) is 5.32 Å². The molecule has 3 rings (SSSR count). The first-order valence-corrected chi connectivity index (χ1v) is 9.06. The molecule has 2 heterocycles. The van der Waals surface area contributed by atoms with Gasteiger partial charge in [0.2, 0.25) is 0 Å². The van der Waals surface area contributed by atoms with E-state index in [4.69, 9.17) is 32.4 Å². The molecule has 0 aliphatic carbocycles. The molecule has 1 unspecified atom stereocenters. The molecule has 0 bridgehead atoms. The van der Waals surface area contributed by atoms with Crippen molar-refractivity contribution < 1.29 is 18.7 Å². The van der Waals surface area contributed by atoms with Gasteiger partial charge in [-0.05, 0) is 44.2 Å². The minimum absolute atomic E-state index is 0.224. The second-order valence-corrected chi connectivity index (χ2v) is 6.83. The largest absolute Gasteiger partial charge is 0.463 e. The predicted octanol–water partition coefficient (Wildman–Crippen LogP) is 4.79. The molecular formula is C19H18Cl2N2O4. The predicted molar refractivity (Wildman–Crippen MR) is 103 cm³/mol. The van der Waals surface area contributed by atoms with Crippen LogP contribution in [0.4, 0.5) is 4.79 Å². The van der Waals surface area contributed by atoms with E-state index in [1.807, 2.05) is 0 Å². The van der Waals surface area contributed by atoms with Gasteiger partial charge in [-0.2, -0.15) is 0 Å². The fourth-order valence-electron chi connectivity index (χ4n) is 2.86. The number of urea groups is 1. The molecule has 1 aliphatic rings. The van der Waals surface area contributed by atoms with Crippen LogP contribution in [-0.2, 0) is 9.53 Å². The third-order valence-corrected chi connectivity index (χ3v) is 4.92. The lowest BCUT2D eigenvalue weighted by Gasteiger charge is -2.31. The van der Waals surface area contributed by atoms with Crippen LogP contribution >= 0.6 is 23.2 Å². The SMILES string of the molecule is CCOC(=O)C1=C(C)N(C)C(=O)NC1c1ccc(-c2cc(Cl)ccc2Cl)o1. The third-order valence-electron chi connectivity index (χ3n) is 4.35. The Kier molecular flexibility index (Phi) is 5.48. The Morgan fingerprint density at radius 1 is 1.30 bits per heavy atom. The normalized spacial score (nSPS) is 17.1. The maximum atomic E-state index is 12.5. The van der Waals surface area contributed by atoms with E-state index in [9.17, 15) is 9.59 Å². The van der Waals surface area contributed by atoms with Gasteiger partial charge in [-0.15, -0.1) is 0 Å². The van der Waals surface area contributed by atoms with Crippen LogP contribution in [0.2, 0.25) is 10.0 Å². The first-order chi connectivity index (χ1) is 12.8. The summed E-state index contributed by atoms with van der Waals surface area (Å²) in [7, 11) is 1.58. The zero-order valence-corrected chi connectivity index (χ0v) is 16.5. The zero-order valence-electron chi connectivity index (χ0n) is 15.0. The number of halogens is 2. The molecule has 2 amide bonds. The van der Waals surface area contributed by atoms with Gasteiger partial charge in [0, 0.05) is 23.3 Å². The van der Waals surface area contributed by atoms with E-state index in [-0.39, 0.29) is 12.6 Å². The number of benzene rings is 1. The van der Waals surface area contributed by atoms with Gasteiger partial charge >= 0.3 is 12.0 Å². The van der Waals surface area contributed by atoms with Gasteiger partial charge in [0.05, 0.1) is 17.2 Å². The average molecular weight is 409 g/mol. The van der Waals surface area contributed by atoms with E-state index >= 15 is 0 Å². The lowest BCUT2D eigenvalue weighted by Crippen LogP contribution is -2.46. The molecule has 142 valence electrons. The first-order valence-electron chi connectivity index (χ1n) is 8.30. The molecule has 8 heteroatoms. The second-order valence-electron chi connectivity index (χ2n) is 5.99. The van der Waals surface area contributed by atoms with Gasteiger partial charge in [0.15, 0.2) is 0 Å². The van der Waals surface area contributed by atoms with Crippen molar-refractivity contribution in [2.75, 3.05) is 13.7 Å². The second kappa shape index (κ2) is 7.66. The summed E-state index contributed by atoms with van der Waals surface area (Å²) in [6.45, 7) is 3.64. The van der Waals surface area contributed by atoms with Crippen LogP contribution in [0.1, 0.15) is 25.6 Å². The number of esters is 1. The Balaban J connectivity index is 2.04. The monoisotopic (exact) mass is 408 g/mol. The molecule has 0 fully saturated rings. The molecule has 0 saturated carbocycles. The number of nitrogens with zero attached hydrogens (tertiary/aromatic N) is 1. The van der Waals surface area contributed by atoms with Gasteiger partial charge < -0.3 is 19.4 Å². The number of amides is 2. The summed E-state index contributed by atoms with van der Waals surface area (Å²) in [6, 6.07) is 7.34. The lowest BCUT2D eigenvalue weighted by atomic mass is 10.00. The number of allylic oxidation sites excluding steroid dienone is 1. The summed E-state index contributed by atoms with van der Waals surface area (Å²) in [4.78, 5) is 26.1. The van der Waals surface area contributed by atoms with Crippen LogP contribution in [0.5, 0.6) is 0 Å². The number of carbonyl (C=O) groups excluding carboxylic acids is 2. The van der Waals surface area contributed by atoms with Crippen LogP contribution < -0.4 is 5.32 Å². The summed E-state index contributed by atoms with van der Waals surface area (Å²) >= 11 is 12.3. The molecule has 27 heavy (non-hydrogen) atoms. The molecule has 1 aliphatic heterocycles. The highest BCUT2D eigenvalue weighted by atomic mass is 35.5. The zero-order chi connectivity index (χ0) is 19.7. The van der Waals surface area contributed by atoms with E-state index in [0.29, 0.717) is 38.4 Å². The number of hydrogen-bond acceptors (Lipinski definition) is 4. The number of rotatable bonds is 4. The smallest absolute Gasteiger partial charge is 0.338 e. The van der Waals surface area contributed by atoms with Gasteiger partial charge in [-0.3, -0.25) is 0 Å². The van der Waals surface area contributed by atoms with Gasteiger partial charge in [-0.1, -0.05) is 23.2 Å². The fourth-order valence-corrected chi connectivity index (χ4v) is 3.24. The molecule has 6 nitrogen and oxygen atoms in total. The molecule has 1 aromatic heterocycles. The van der Waals surface area contributed by atoms with Crippen molar-refractivity contribution >= 4 is 35.2 Å².